The lowest BCUT2D eigenvalue weighted by atomic mass is 9.46. The number of allylic oxidation sites excluding steroid dienone is 1. The largest absolute Gasteiger partial charge is 0.396 e. The fourth-order valence-corrected chi connectivity index (χ4v) is 14.9. The molecule has 31 atom stereocenters. The topological polar surface area (TPSA) is 355 Å². The van der Waals surface area contributed by atoms with E-state index in [0.29, 0.717) is 37.7 Å². The number of ether oxygens (including phenoxy) is 10. The molecule has 23 heteroatoms. The Morgan fingerprint density at radius 3 is 1.96 bits per heavy atom. The van der Waals surface area contributed by atoms with Gasteiger partial charge >= 0.3 is 0 Å². The maximum Gasteiger partial charge on any atom is 0.203 e. The summed E-state index contributed by atoms with van der Waals surface area (Å²) in [6, 6.07) is 0. The molecule has 6 unspecified atom stereocenters. The summed E-state index contributed by atoms with van der Waals surface area (Å²) < 4.78 is 62.1. The van der Waals surface area contributed by atoms with Crippen LogP contribution >= 0.6 is 0 Å². The molecule has 0 radical (unpaired) electrons. The Kier molecular flexibility index (Phi) is 15.1. The minimum atomic E-state index is -1.79. The Morgan fingerprint density at radius 2 is 1.29 bits per heavy atom. The number of aliphatic hydroxyl groups is 13. The molecular formula is C49H76O23. The van der Waals surface area contributed by atoms with E-state index < -0.39 is 177 Å². The van der Waals surface area contributed by atoms with Crippen LogP contribution in [0.25, 0.3) is 0 Å². The first-order valence-corrected chi connectivity index (χ1v) is 25.7. The number of hydrogen-bond acceptors (Lipinski definition) is 23. The average Bonchev–Trinajstić information content (AvgIpc) is 3.83. The van der Waals surface area contributed by atoms with Gasteiger partial charge in [-0.1, -0.05) is 32.1 Å². The molecule has 23 nitrogen and oxygen atoms in total. The van der Waals surface area contributed by atoms with Crippen molar-refractivity contribution in [1.82, 2.24) is 0 Å². The molecular weight excluding hydrogens is 957 g/mol. The van der Waals surface area contributed by atoms with Crippen molar-refractivity contribution < 1.29 is 114 Å². The van der Waals surface area contributed by atoms with Crippen molar-refractivity contribution in [2.75, 3.05) is 26.4 Å². The molecule has 6 aliphatic heterocycles. The van der Waals surface area contributed by atoms with Crippen LogP contribution in [0.2, 0.25) is 0 Å². The van der Waals surface area contributed by atoms with E-state index in [-0.39, 0.29) is 43.3 Å². The summed E-state index contributed by atoms with van der Waals surface area (Å²) in [7, 11) is 0. The Hall–Kier alpha value is -1.44. The molecule has 4 aliphatic carbocycles. The monoisotopic (exact) mass is 1030 g/mol. The standard InChI is InChI=1S/C49H76O23/c1-17-14-65-49(42(62)39(17)69-44-37(60)34(57)31(54)18(2)66-44)25(13-50)30-28(72-49)12-24-22-7-6-20-10-21(51)11-29(48(20,5)23(22)8-9-47(24,30)4)68-46-41(71-45-38(61)35(58)32(55)19(3)67-45)40(27(53)16-64-46)70-43-36(59)33(56)26(52)15-63-43/h6,18-19,21-46,50-62H,1,7-16H2,2-5H3/t18-,19+,21-,22?,23?,24?,25?,26-,27+,28?,29-,30?,31+,32+,33+,34+,35-,36-,37-,38-,39+,40+,41-,42+,43+,44+,45+,46+,47+,48+,49+/m1/s1. The third-order valence-electron chi connectivity index (χ3n) is 18.9. The summed E-state index contributed by atoms with van der Waals surface area (Å²) in [6.07, 6.45) is -26.2. The van der Waals surface area contributed by atoms with Crippen molar-refractivity contribution in [3.63, 3.8) is 0 Å². The second-order valence-electron chi connectivity index (χ2n) is 22.8. The van der Waals surface area contributed by atoms with Gasteiger partial charge in [-0.05, 0) is 74.7 Å². The molecule has 3 saturated carbocycles. The van der Waals surface area contributed by atoms with Crippen LogP contribution in [0, 0.1) is 40.4 Å². The average molecular weight is 1030 g/mol. The molecule has 410 valence electrons. The van der Waals surface area contributed by atoms with Crippen LogP contribution in [0.4, 0.5) is 0 Å². The molecule has 6 saturated heterocycles. The summed E-state index contributed by atoms with van der Waals surface area (Å²) in [4.78, 5) is 0. The summed E-state index contributed by atoms with van der Waals surface area (Å²) >= 11 is 0. The van der Waals surface area contributed by atoms with Crippen molar-refractivity contribution in [3.8, 4) is 0 Å². The highest BCUT2D eigenvalue weighted by Crippen LogP contribution is 2.71. The van der Waals surface area contributed by atoms with Gasteiger partial charge in [-0.3, -0.25) is 0 Å². The minimum absolute atomic E-state index is 0.0236. The van der Waals surface area contributed by atoms with Gasteiger partial charge in [0.15, 0.2) is 25.2 Å². The molecule has 0 bridgehead atoms. The minimum Gasteiger partial charge on any atom is -0.396 e. The van der Waals surface area contributed by atoms with Gasteiger partial charge in [-0.2, -0.15) is 0 Å². The van der Waals surface area contributed by atoms with Gasteiger partial charge in [-0.25, -0.2) is 0 Å². The van der Waals surface area contributed by atoms with Crippen molar-refractivity contribution >= 4 is 0 Å². The van der Waals surface area contributed by atoms with Crippen molar-refractivity contribution in [1.29, 1.82) is 0 Å². The Balaban J connectivity index is 0.905. The number of aliphatic hydroxyl groups excluding tert-OH is 13. The van der Waals surface area contributed by atoms with Crippen LogP contribution in [0.3, 0.4) is 0 Å². The molecule has 10 rings (SSSR count). The molecule has 6 heterocycles. The SMILES string of the molecule is C=C1CO[C@@]2(OC3CC4C5CC=C6C[C@@H](O)C[C@@H](O[C@@H]7OC[C@H](O)[C@H](O[C@@H]8OC[C@@H](O)[C@H](O)[C@H]8O)[C@H]7O[C@@H]7O[C@@H](C)[C@H](O)[C@@H](O)[C@H]7O)[C@]6(C)C5CC[C@]4(C)C3C2CO)[C@@H](O)[C@H]1O[C@@H]1O[C@H](C)[C@H](O)[C@H](O)[C@H]1O. The Bertz CT molecular complexity index is 1980. The first kappa shape index (κ1) is 53.9. The maximum atomic E-state index is 12.2. The van der Waals surface area contributed by atoms with E-state index in [0.717, 1.165) is 5.57 Å². The number of rotatable bonds is 9. The molecule has 0 aromatic heterocycles. The van der Waals surface area contributed by atoms with E-state index in [4.69, 9.17) is 47.4 Å². The summed E-state index contributed by atoms with van der Waals surface area (Å²) in [5, 5.41) is 142. The van der Waals surface area contributed by atoms with Crippen molar-refractivity contribution in [2.24, 2.45) is 40.4 Å². The highest BCUT2D eigenvalue weighted by molar-refractivity contribution is 5.29. The van der Waals surface area contributed by atoms with Crippen molar-refractivity contribution in [2.45, 2.75) is 213 Å². The summed E-state index contributed by atoms with van der Waals surface area (Å²) in [5.41, 5.74) is 0.168. The first-order chi connectivity index (χ1) is 34.0. The van der Waals surface area contributed by atoms with Crippen LogP contribution in [-0.2, 0) is 47.4 Å². The van der Waals surface area contributed by atoms with Crippen LogP contribution in [0.1, 0.15) is 66.2 Å². The smallest absolute Gasteiger partial charge is 0.203 e. The zero-order valence-electron chi connectivity index (χ0n) is 40.9. The molecule has 72 heavy (non-hydrogen) atoms. The fraction of sp³-hybridized carbons (Fsp3) is 0.918. The second kappa shape index (κ2) is 20.1. The van der Waals surface area contributed by atoms with Gasteiger partial charge < -0.3 is 114 Å². The fourth-order valence-electron chi connectivity index (χ4n) is 14.9. The highest BCUT2D eigenvalue weighted by Gasteiger charge is 2.73. The molecule has 0 aromatic rings. The van der Waals surface area contributed by atoms with Crippen LogP contribution < -0.4 is 0 Å². The van der Waals surface area contributed by atoms with Crippen LogP contribution in [0.5, 0.6) is 0 Å². The normalized spacial score (nSPS) is 57.8. The van der Waals surface area contributed by atoms with Crippen LogP contribution in [-0.4, -0.2) is 240 Å². The Labute approximate surface area is 416 Å². The van der Waals surface area contributed by atoms with E-state index in [9.17, 15) is 66.4 Å². The lowest BCUT2D eigenvalue weighted by molar-refractivity contribution is -0.382. The van der Waals surface area contributed by atoms with Crippen molar-refractivity contribution in [3.05, 3.63) is 23.8 Å². The van der Waals surface area contributed by atoms with E-state index in [1.54, 1.807) is 0 Å². The third kappa shape index (κ3) is 8.62. The van der Waals surface area contributed by atoms with E-state index >= 15 is 0 Å². The van der Waals surface area contributed by atoms with Gasteiger partial charge in [-0.15, -0.1) is 0 Å². The zero-order chi connectivity index (χ0) is 51.7. The quantitative estimate of drug-likeness (QED) is 0.0984. The lowest BCUT2D eigenvalue weighted by Gasteiger charge is -2.61. The van der Waals surface area contributed by atoms with E-state index in [2.05, 4.69) is 26.5 Å². The van der Waals surface area contributed by atoms with Gasteiger partial charge in [0.25, 0.3) is 0 Å². The zero-order valence-corrected chi connectivity index (χ0v) is 40.9. The second-order valence-corrected chi connectivity index (χ2v) is 22.8. The Morgan fingerprint density at radius 1 is 0.681 bits per heavy atom. The lowest BCUT2D eigenvalue weighted by Crippen LogP contribution is -2.65. The number of fused-ring (bicyclic) bond motifs is 7. The van der Waals surface area contributed by atoms with E-state index in [1.807, 2.05) is 0 Å². The predicted molar refractivity (Wildman–Crippen MR) is 239 cm³/mol. The van der Waals surface area contributed by atoms with Gasteiger partial charge in [0.1, 0.15) is 85.5 Å². The maximum absolute atomic E-state index is 12.2. The molecule has 0 aromatic carbocycles. The molecule has 13 N–H and O–H groups in total. The molecule has 1 spiro atoms. The predicted octanol–water partition coefficient (Wildman–Crippen LogP) is -3.85. The third-order valence-corrected chi connectivity index (χ3v) is 18.9. The molecule has 0 amide bonds. The van der Waals surface area contributed by atoms with Gasteiger partial charge in [0.2, 0.25) is 5.79 Å². The summed E-state index contributed by atoms with van der Waals surface area (Å²) in [5.74, 6) is -2.66. The van der Waals surface area contributed by atoms with Crippen LogP contribution in [0.15, 0.2) is 23.8 Å². The first-order valence-electron chi connectivity index (χ1n) is 25.7. The summed E-state index contributed by atoms with van der Waals surface area (Å²) in [6.45, 7) is 10.1. The van der Waals surface area contributed by atoms with E-state index in [1.165, 1.54) is 13.8 Å². The van der Waals surface area contributed by atoms with Gasteiger partial charge in [0.05, 0.1) is 56.9 Å². The molecule has 9 fully saturated rings. The highest BCUT2D eigenvalue weighted by atomic mass is 16.8. The van der Waals surface area contributed by atoms with Gasteiger partial charge in [0, 0.05) is 23.7 Å². The molecule has 10 aliphatic rings. The number of hydrogen-bond donors (Lipinski definition) is 13.